The number of hydrogen-bond donors (Lipinski definition) is 1. The molecule has 70 heavy (non-hydrogen) atoms. The molecule has 0 bridgehead atoms. The van der Waals surface area contributed by atoms with Crippen molar-refractivity contribution in [2.75, 3.05) is 47.5 Å². The highest BCUT2D eigenvalue weighted by molar-refractivity contribution is 5.71. The summed E-state index contributed by atoms with van der Waals surface area (Å²) in [7, 11) is 5.94. The van der Waals surface area contributed by atoms with Crippen molar-refractivity contribution in [2.45, 2.75) is 200 Å². The van der Waals surface area contributed by atoms with Gasteiger partial charge in [0.25, 0.3) is 6.29 Å². The number of carboxylic acids is 1. The number of carbonyl (C=O) groups excluding carboxylic acids is 2. The van der Waals surface area contributed by atoms with Gasteiger partial charge >= 0.3 is 17.9 Å². The quantitative estimate of drug-likeness (QED) is 0.0211. The van der Waals surface area contributed by atoms with Crippen molar-refractivity contribution in [3.05, 3.63) is 122 Å². The molecule has 2 unspecified atom stereocenters. The van der Waals surface area contributed by atoms with E-state index in [1.807, 2.05) is 21.1 Å². The van der Waals surface area contributed by atoms with Crippen LogP contribution in [0.15, 0.2) is 122 Å². The average molecular weight is 975 g/mol. The van der Waals surface area contributed by atoms with Gasteiger partial charge in [0.2, 0.25) is 0 Å². The molecule has 0 spiro atoms. The molecule has 0 radical (unpaired) electrons. The van der Waals surface area contributed by atoms with Gasteiger partial charge < -0.3 is 28.5 Å². The fourth-order valence-corrected chi connectivity index (χ4v) is 6.80. The molecular formula is C61H100NO8+. The zero-order chi connectivity index (χ0) is 51.3. The lowest BCUT2D eigenvalue weighted by Crippen LogP contribution is -2.40. The number of carboxylic acid groups (broad SMARTS) is 1. The number of likely N-dealkylation sites (N-methyl/N-ethyl adjacent to an activating group) is 1. The first-order valence-electron chi connectivity index (χ1n) is 27.2. The molecule has 9 nitrogen and oxygen atoms in total. The Balaban J connectivity index is 4.27. The summed E-state index contributed by atoms with van der Waals surface area (Å²) in [5.41, 5.74) is 0. The Morgan fingerprint density at radius 3 is 1.21 bits per heavy atom. The number of quaternary nitrogens is 1. The molecule has 0 fully saturated rings. The largest absolute Gasteiger partial charge is 0.477 e. The Morgan fingerprint density at radius 2 is 0.814 bits per heavy atom. The Bertz CT molecular complexity index is 1560. The number of allylic oxidation sites excluding steroid dienone is 20. The van der Waals surface area contributed by atoms with Crippen LogP contribution in [0.1, 0.15) is 187 Å². The fourth-order valence-electron chi connectivity index (χ4n) is 6.80. The highest BCUT2D eigenvalue weighted by Gasteiger charge is 2.25. The van der Waals surface area contributed by atoms with E-state index in [4.69, 9.17) is 18.9 Å². The van der Waals surface area contributed by atoms with Crippen LogP contribution >= 0.6 is 0 Å². The van der Waals surface area contributed by atoms with Crippen LogP contribution in [0.5, 0.6) is 0 Å². The molecule has 0 saturated heterocycles. The SMILES string of the molecule is CC/C=C\C/C=C\C/C=C\C/C=C\C/C=C\C/C=C\C/C=C\C/C=C\C/C=C\C/C=C\CCCCCCC(=O)OC(COC(=O)CCCCCCCCCCCC)COC(OCC[N+](C)(C)C)C(=O)O. The number of unbranched alkanes of at least 4 members (excludes halogenated alkanes) is 13. The van der Waals surface area contributed by atoms with Crippen LogP contribution in [-0.4, -0.2) is 87.4 Å². The fraction of sp³-hybridized carbons (Fsp3) is 0.623. The summed E-state index contributed by atoms with van der Waals surface area (Å²) in [4.78, 5) is 37.2. The van der Waals surface area contributed by atoms with Gasteiger partial charge in [0, 0.05) is 12.8 Å². The molecule has 0 rings (SSSR count). The van der Waals surface area contributed by atoms with Crippen LogP contribution < -0.4 is 0 Å². The molecular weight excluding hydrogens is 875 g/mol. The number of esters is 2. The number of hydrogen-bond acceptors (Lipinski definition) is 7. The third-order valence-corrected chi connectivity index (χ3v) is 11.0. The number of ether oxygens (including phenoxy) is 4. The molecule has 0 saturated carbocycles. The maximum absolute atomic E-state index is 12.8. The Hall–Kier alpha value is -4.31. The van der Waals surface area contributed by atoms with E-state index in [2.05, 4.69) is 135 Å². The maximum atomic E-state index is 12.8. The molecule has 0 aromatic rings. The van der Waals surface area contributed by atoms with Gasteiger partial charge in [-0.15, -0.1) is 0 Å². The second-order valence-electron chi connectivity index (χ2n) is 18.8. The first kappa shape index (κ1) is 65.7. The summed E-state index contributed by atoms with van der Waals surface area (Å²) >= 11 is 0. The first-order valence-corrected chi connectivity index (χ1v) is 27.2. The van der Waals surface area contributed by atoms with E-state index in [1.165, 1.54) is 44.9 Å². The van der Waals surface area contributed by atoms with Crippen molar-refractivity contribution < 1.29 is 42.9 Å². The van der Waals surface area contributed by atoms with Crippen molar-refractivity contribution in [1.82, 2.24) is 0 Å². The van der Waals surface area contributed by atoms with Crippen molar-refractivity contribution in [3.63, 3.8) is 0 Å². The summed E-state index contributed by atoms with van der Waals surface area (Å²) in [5.74, 6) is -2.06. The van der Waals surface area contributed by atoms with E-state index in [0.717, 1.165) is 109 Å². The second kappa shape index (κ2) is 51.1. The smallest absolute Gasteiger partial charge is 0.361 e. The van der Waals surface area contributed by atoms with Crippen LogP contribution in [0, 0.1) is 0 Å². The van der Waals surface area contributed by atoms with Gasteiger partial charge in [-0.25, -0.2) is 4.79 Å². The van der Waals surface area contributed by atoms with Gasteiger partial charge in [-0.2, -0.15) is 0 Å². The van der Waals surface area contributed by atoms with Gasteiger partial charge in [-0.1, -0.05) is 206 Å². The van der Waals surface area contributed by atoms with E-state index in [1.54, 1.807) is 0 Å². The summed E-state index contributed by atoms with van der Waals surface area (Å²) in [6, 6.07) is 0. The number of nitrogens with zero attached hydrogens (tertiary/aromatic N) is 1. The van der Waals surface area contributed by atoms with Gasteiger partial charge in [0.15, 0.2) is 6.10 Å². The molecule has 0 aromatic carbocycles. The van der Waals surface area contributed by atoms with Crippen LogP contribution in [0.3, 0.4) is 0 Å². The molecule has 1 N–H and O–H groups in total. The average Bonchev–Trinajstić information content (AvgIpc) is 3.33. The monoisotopic (exact) mass is 975 g/mol. The van der Waals surface area contributed by atoms with Crippen LogP contribution in [0.25, 0.3) is 0 Å². The Kier molecular flexibility index (Phi) is 47.9. The van der Waals surface area contributed by atoms with Gasteiger partial charge in [0.1, 0.15) is 13.2 Å². The van der Waals surface area contributed by atoms with Crippen LogP contribution in [0.4, 0.5) is 0 Å². The summed E-state index contributed by atoms with van der Waals surface area (Å²) in [6.07, 6.45) is 68.6. The standard InChI is InChI=1S/C61H99NO8/c1-6-8-10-12-14-16-18-19-20-21-22-23-24-25-26-27-28-29-30-31-32-33-34-35-36-37-38-39-40-41-42-44-46-48-50-52-59(64)70-57(56-69-61(60(65)66)67-54-53-62(3,4)5)55-68-58(63)51-49-47-45-43-17-15-13-11-9-7-2/h8,10,14,16,19-20,22-23,25-26,28-29,31-32,34-35,37-38,40-41,57,61H,6-7,9,11-13,15,17-18,21,24,27,30,33,36,39,42-56H2,1-5H3/p+1/b10-8-,16-14-,20-19-,23-22-,26-25-,29-28-,32-31-,35-34-,38-37-,41-40-. The summed E-state index contributed by atoms with van der Waals surface area (Å²) in [5, 5.41) is 9.65. The highest BCUT2D eigenvalue weighted by Crippen LogP contribution is 2.13. The predicted octanol–water partition coefficient (Wildman–Crippen LogP) is 15.7. The molecule has 396 valence electrons. The Labute approximate surface area is 427 Å². The van der Waals surface area contributed by atoms with E-state index >= 15 is 0 Å². The Morgan fingerprint density at radius 1 is 0.443 bits per heavy atom. The van der Waals surface area contributed by atoms with E-state index in [-0.39, 0.29) is 32.2 Å². The maximum Gasteiger partial charge on any atom is 0.361 e. The second-order valence-corrected chi connectivity index (χ2v) is 18.8. The highest BCUT2D eigenvalue weighted by atomic mass is 16.7. The predicted molar refractivity (Wildman–Crippen MR) is 294 cm³/mol. The molecule has 0 aliphatic rings. The molecule has 0 aliphatic carbocycles. The normalized spacial score (nSPS) is 13.8. The van der Waals surface area contributed by atoms with Gasteiger partial charge in [0.05, 0.1) is 34.4 Å². The lowest BCUT2D eigenvalue weighted by Gasteiger charge is -2.25. The number of aliphatic carboxylic acids is 1. The molecule has 0 aliphatic heterocycles. The molecule has 2 atom stereocenters. The van der Waals surface area contributed by atoms with Crippen LogP contribution in [0.2, 0.25) is 0 Å². The van der Waals surface area contributed by atoms with Crippen molar-refractivity contribution >= 4 is 17.9 Å². The molecule has 0 aromatic heterocycles. The zero-order valence-corrected chi connectivity index (χ0v) is 44.9. The minimum Gasteiger partial charge on any atom is -0.477 e. The van der Waals surface area contributed by atoms with Gasteiger partial charge in [-0.3, -0.25) is 9.59 Å². The third kappa shape index (κ3) is 51.5. The minimum atomic E-state index is -1.52. The number of carbonyl (C=O) groups is 3. The van der Waals surface area contributed by atoms with E-state index in [9.17, 15) is 19.5 Å². The zero-order valence-electron chi connectivity index (χ0n) is 44.9. The van der Waals surface area contributed by atoms with Gasteiger partial charge in [-0.05, 0) is 89.9 Å². The minimum absolute atomic E-state index is 0.177. The summed E-state index contributed by atoms with van der Waals surface area (Å²) in [6.45, 7) is 4.69. The molecule has 0 amide bonds. The van der Waals surface area contributed by atoms with Crippen molar-refractivity contribution in [1.29, 1.82) is 0 Å². The van der Waals surface area contributed by atoms with Crippen molar-refractivity contribution in [2.24, 2.45) is 0 Å². The molecule has 0 heterocycles. The van der Waals surface area contributed by atoms with E-state index in [0.29, 0.717) is 23.9 Å². The lowest BCUT2D eigenvalue weighted by molar-refractivity contribution is -0.870. The number of rotatable bonds is 48. The third-order valence-electron chi connectivity index (χ3n) is 11.0. The van der Waals surface area contributed by atoms with Crippen molar-refractivity contribution in [3.8, 4) is 0 Å². The topological polar surface area (TPSA) is 108 Å². The van der Waals surface area contributed by atoms with Crippen LogP contribution in [-0.2, 0) is 33.3 Å². The first-order chi connectivity index (χ1) is 34.1. The van der Waals surface area contributed by atoms with E-state index < -0.39 is 24.3 Å². The molecule has 9 heteroatoms. The summed E-state index contributed by atoms with van der Waals surface area (Å²) < 4.78 is 22.7. The lowest BCUT2D eigenvalue weighted by atomic mass is 10.1.